The monoisotopic (exact) mass is 153 g/mol. The molecule has 0 aliphatic carbocycles. The Balaban J connectivity index is 2.43. The number of aromatic nitrogens is 3. The van der Waals surface area contributed by atoms with Crippen LogP contribution in [-0.4, -0.2) is 21.3 Å². The summed E-state index contributed by atoms with van der Waals surface area (Å²) in [5.74, 6) is 1.14. The van der Waals surface area contributed by atoms with Gasteiger partial charge in [-0.1, -0.05) is 0 Å². The molecule has 0 amide bonds. The van der Waals surface area contributed by atoms with E-state index in [0.717, 1.165) is 18.9 Å². The minimum atomic E-state index is 0.348. The summed E-state index contributed by atoms with van der Waals surface area (Å²) in [7, 11) is 0. The summed E-state index contributed by atoms with van der Waals surface area (Å²) < 4.78 is 1.83. The zero-order chi connectivity index (χ0) is 7.84. The van der Waals surface area contributed by atoms with Crippen molar-refractivity contribution in [2.75, 3.05) is 17.6 Å². The molecule has 11 heavy (non-hydrogen) atoms. The number of nitrogens with one attached hydrogen (secondary N) is 1. The van der Waals surface area contributed by atoms with E-state index in [1.54, 1.807) is 0 Å². The highest BCUT2D eigenvalue weighted by Crippen LogP contribution is 2.20. The lowest BCUT2D eigenvalue weighted by molar-refractivity contribution is 0.452. The molecule has 1 unspecified atom stereocenters. The number of hydrogen-bond acceptors (Lipinski definition) is 4. The van der Waals surface area contributed by atoms with Crippen molar-refractivity contribution in [2.24, 2.45) is 0 Å². The van der Waals surface area contributed by atoms with Crippen molar-refractivity contribution >= 4 is 11.9 Å². The van der Waals surface area contributed by atoms with Gasteiger partial charge < -0.3 is 11.1 Å². The van der Waals surface area contributed by atoms with Crippen molar-refractivity contribution in [3.8, 4) is 0 Å². The predicted octanol–water partition coefficient (Wildman–Crippen LogP) is 0.237. The zero-order valence-electron chi connectivity index (χ0n) is 6.41. The Morgan fingerprint density at radius 1 is 1.73 bits per heavy atom. The summed E-state index contributed by atoms with van der Waals surface area (Å²) in [5.41, 5.74) is 5.44. The van der Waals surface area contributed by atoms with E-state index in [-0.39, 0.29) is 0 Å². The fourth-order valence-corrected chi connectivity index (χ4v) is 1.28. The van der Waals surface area contributed by atoms with E-state index in [0.29, 0.717) is 12.0 Å². The van der Waals surface area contributed by atoms with Gasteiger partial charge in [0.05, 0.1) is 6.04 Å². The van der Waals surface area contributed by atoms with Crippen molar-refractivity contribution in [2.45, 2.75) is 19.4 Å². The third-order valence-corrected chi connectivity index (χ3v) is 1.91. The summed E-state index contributed by atoms with van der Waals surface area (Å²) >= 11 is 0. The number of anilines is 2. The van der Waals surface area contributed by atoms with Crippen LogP contribution in [0.25, 0.3) is 0 Å². The summed E-state index contributed by atoms with van der Waals surface area (Å²) in [6, 6.07) is 0.413. The van der Waals surface area contributed by atoms with Crippen molar-refractivity contribution in [1.82, 2.24) is 14.8 Å². The van der Waals surface area contributed by atoms with Crippen LogP contribution in [-0.2, 0) is 0 Å². The second kappa shape index (κ2) is 2.11. The van der Waals surface area contributed by atoms with Gasteiger partial charge in [-0.05, 0) is 13.3 Å². The molecule has 1 aromatic heterocycles. The van der Waals surface area contributed by atoms with Crippen molar-refractivity contribution in [3.05, 3.63) is 0 Å². The van der Waals surface area contributed by atoms with Crippen LogP contribution in [0.4, 0.5) is 11.9 Å². The molecule has 3 N–H and O–H groups in total. The van der Waals surface area contributed by atoms with Gasteiger partial charge >= 0.3 is 0 Å². The molecule has 1 atom stereocenters. The van der Waals surface area contributed by atoms with Gasteiger partial charge in [0.2, 0.25) is 11.9 Å². The summed E-state index contributed by atoms with van der Waals surface area (Å²) in [5, 5.41) is 7.18. The molecule has 2 rings (SSSR count). The number of nitrogens with two attached hydrogens (primary N) is 1. The maximum absolute atomic E-state index is 5.44. The number of fused-ring (bicyclic) bond motifs is 1. The minimum absolute atomic E-state index is 0.348. The van der Waals surface area contributed by atoms with Gasteiger partial charge in [-0.2, -0.15) is 4.98 Å². The van der Waals surface area contributed by atoms with E-state index in [2.05, 4.69) is 22.3 Å². The molecule has 0 saturated heterocycles. The molecule has 0 aromatic carbocycles. The van der Waals surface area contributed by atoms with Gasteiger partial charge in [0.1, 0.15) is 0 Å². The number of nitrogens with zero attached hydrogens (tertiary/aromatic N) is 3. The topological polar surface area (TPSA) is 68.8 Å². The summed E-state index contributed by atoms with van der Waals surface area (Å²) in [4.78, 5) is 4.02. The second-order valence-electron chi connectivity index (χ2n) is 2.80. The average molecular weight is 153 g/mol. The molecule has 60 valence electrons. The fraction of sp³-hybridized carbons (Fsp3) is 0.667. The smallest absolute Gasteiger partial charge is 0.241 e. The Morgan fingerprint density at radius 2 is 2.55 bits per heavy atom. The average Bonchev–Trinajstić information content (AvgIpc) is 2.31. The van der Waals surface area contributed by atoms with Crippen LogP contribution in [0.15, 0.2) is 0 Å². The lowest BCUT2D eigenvalue weighted by Gasteiger charge is -2.20. The molecule has 5 heteroatoms. The Bertz CT molecular complexity index is 266. The first kappa shape index (κ1) is 6.45. The highest BCUT2D eigenvalue weighted by molar-refractivity contribution is 5.33. The van der Waals surface area contributed by atoms with E-state index >= 15 is 0 Å². The van der Waals surface area contributed by atoms with E-state index in [1.165, 1.54) is 0 Å². The second-order valence-corrected chi connectivity index (χ2v) is 2.80. The SMILES string of the molecule is CC1CCNc2nc(N)nn21. The van der Waals surface area contributed by atoms with Crippen LogP contribution in [0.2, 0.25) is 0 Å². The van der Waals surface area contributed by atoms with E-state index in [1.807, 2.05) is 4.68 Å². The molecule has 1 aromatic rings. The standard InChI is InChI=1S/C6H11N5/c1-4-2-3-8-6-9-5(7)10-11(4)6/h4H,2-3H2,1H3,(H3,7,8,9,10). The molecule has 0 saturated carbocycles. The minimum Gasteiger partial charge on any atom is -0.366 e. The Hall–Kier alpha value is -1.26. The van der Waals surface area contributed by atoms with Crippen molar-refractivity contribution < 1.29 is 0 Å². The predicted molar refractivity (Wildman–Crippen MR) is 42.3 cm³/mol. The number of hydrogen-bond donors (Lipinski definition) is 2. The molecule has 2 heterocycles. The molecule has 0 radical (unpaired) electrons. The van der Waals surface area contributed by atoms with Crippen molar-refractivity contribution in [1.29, 1.82) is 0 Å². The molecule has 0 spiro atoms. The first-order chi connectivity index (χ1) is 5.27. The number of rotatable bonds is 0. The van der Waals surface area contributed by atoms with Gasteiger partial charge in [0, 0.05) is 6.54 Å². The summed E-state index contributed by atoms with van der Waals surface area (Å²) in [6.45, 7) is 3.07. The van der Waals surface area contributed by atoms with Gasteiger partial charge in [-0.3, -0.25) is 0 Å². The highest BCUT2D eigenvalue weighted by Gasteiger charge is 2.17. The Labute approximate surface area is 64.6 Å². The molecule has 0 bridgehead atoms. The molecular weight excluding hydrogens is 142 g/mol. The van der Waals surface area contributed by atoms with Crippen LogP contribution >= 0.6 is 0 Å². The first-order valence-electron chi connectivity index (χ1n) is 3.73. The fourth-order valence-electron chi connectivity index (χ4n) is 1.28. The molecule has 1 aliphatic heterocycles. The molecule has 0 fully saturated rings. The highest BCUT2D eigenvalue weighted by atomic mass is 15.4. The Kier molecular flexibility index (Phi) is 1.24. The zero-order valence-corrected chi connectivity index (χ0v) is 6.41. The van der Waals surface area contributed by atoms with Crippen molar-refractivity contribution in [3.63, 3.8) is 0 Å². The van der Waals surface area contributed by atoms with Crippen LogP contribution < -0.4 is 11.1 Å². The molecular formula is C6H11N5. The van der Waals surface area contributed by atoms with E-state index < -0.39 is 0 Å². The maximum Gasteiger partial charge on any atom is 0.241 e. The summed E-state index contributed by atoms with van der Waals surface area (Å²) in [6.07, 6.45) is 1.08. The first-order valence-corrected chi connectivity index (χ1v) is 3.73. The maximum atomic E-state index is 5.44. The third-order valence-electron chi connectivity index (χ3n) is 1.91. The van der Waals surface area contributed by atoms with E-state index in [4.69, 9.17) is 5.73 Å². The largest absolute Gasteiger partial charge is 0.366 e. The van der Waals surface area contributed by atoms with Crippen LogP contribution in [0.3, 0.4) is 0 Å². The van der Waals surface area contributed by atoms with Gasteiger partial charge in [-0.15, -0.1) is 5.10 Å². The van der Waals surface area contributed by atoms with Gasteiger partial charge in [0.25, 0.3) is 0 Å². The normalized spacial score (nSPS) is 22.5. The van der Waals surface area contributed by atoms with Crippen LogP contribution in [0, 0.1) is 0 Å². The van der Waals surface area contributed by atoms with Crippen LogP contribution in [0.1, 0.15) is 19.4 Å². The third kappa shape index (κ3) is 0.923. The van der Waals surface area contributed by atoms with Crippen LogP contribution in [0.5, 0.6) is 0 Å². The molecule has 5 nitrogen and oxygen atoms in total. The quantitative estimate of drug-likeness (QED) is 0.560. The Morgan fingerprint density at radius 3 is 3.27 bits per heavy atom. The lowest BCUT2D eigenvalue weighted by atomic mass is 10.2. The van der Waals surface area contributed by atoms with Gasteiger partial charge in [0.15, 0.2) is 0 Å². The van der Waals surface area contributed by atoms with Gasteiger partial charge in [-0.25, -0.2) is 4.68 Å². The van der Waals surface area contributed by atoms with E-state index in [9.17, 15) is 0 Å². The number of nitrogen functional groups attached to an aromatic ring is 1. The lowest BCUT2D eigenvalue weighted by Crippen LogP contribution is -2.21. The molecule has 1 aliphatic rings.